The summed E-state index contributed by atoms with van der Waals surface area (Å²) in [6.07, 6.45) is 2.51. The van der Waals surface area contributed by atoms with Crippen LogP contribution in [0, 0.1) is 6.92 Å². The van der Waals surface area contributed by atoms with Gasteiger partial charge in [0.1, 0.15) is 18.1 Å². The summed E-state index contributed by atoms with van der Waals surface area (Å²) >= 11 is 0. The minimum atomic E-state index is -0.388. The summed E-state index contributed by atoms with van der Waals surface area (Å²) in [5, 5.41) is 0.853. The SMILES string of the molecule is COC(=O)CCc1cc2c(C)cc(=O)oc2c2c1OCN(Cc1ccccn1)C2. The minimum absolute atomic E-state index is 0.255. The zero-order valence-electron chi connectivity index (χ0n) is 16.4. The number of pyridine rings is 1. The second-order valence-electron chi connectivity index (χ2n) is 7.13. The van der Waals surface area contributed by atoms with Crippen molar-refractivity contribution < 1.29 is 18.7 Å². The lowest BCUT2D eigenvalue weighted by molar-refractivity contribution is -0.140. The Morgan fingerprint density at radius 2 is 2.17 bits per heavy atom. The van der Waals surface area contributed by atoms with Crippen LogP contribution < -0.4 is 10.4 Å². The highest BCUT2D eigenvalue weighted by atomic mass is 16.5. The lowest BCUT2D eigenvalue weighted by Gasteiger charge is -2.30. The second-order valence-corrected chi connectivity index (χ2v) is 7.13. The molecule has 0 spiro atoms. The van der Waals surface area contributed by atoms with Gasteiger partial charge in [0.2, 0.25) is 0 Å². The maximum absolute atomic E-state index is 12.0. The molecule has 0 saturated carbocycles. The van der Waals surface area contributed by atoms with Gasteiger partial charge in [0.25, 0.3) is 0 Å². The molecule has 0 fully saturated rings. The third-order valence-electron chi connectivity index (χ3n) is 5.08. The smallest absolute Gasteiger partial charge is 0.336 e. The van der Waals surface area contributed by atoms with E-state index in [1.807, 2.05) is 31.2 Å². The average Bonchev–Trinajstić information content (AvgIpc) is 2.73. The van der Waals surface area contributed by atoms with Crippen LogP contribution in [0.25, 0.3) is 11.0 Å². The molecule has 0 amide bonds. The first-order chi connectivity index (χ1) is 14.0. The van der Waals surface area contributed by atoms with Crippen molar-refractivity contribution in [3.05, 3.63) is 69.3 Å². The molecule has 0 atom stereocenters. The van der Waals surface area contributed by atoms with Gasteiger partial charge in [-0.1, -0.05) is 6.07 Å². The molecule has 7 heteroatoms. The molecule has 3 aromatic rings. The number of benzene rings is 1. The summed E-state index contributed by atoms with van der Waals surface area (Å²) in [6, 6.07) is 9.22. The minimum Gasteiger partial charge on any atom is -0.477 e. The number of methoxy groups -OCH3 is 1. The Hall–Kier alpha value is -3.19. The van der Waals surface area contributed by atoms with Crippen LogP contribution >= 0.6 is 0 Å². The van der Waals surface area contributed by atoms with Crippen LogP contribution in [0.1, 0.15) is 28.8 Å². The van der Waals surface area contributed by atoms with Crippen molar-refractivity contribution in [2.24, 2.45) is 0 Å². The Morgan fingerprint density at radius 1 is 1.31 bits per heavy atom. The Kier molecular flexibility index (Phi) is 5.31. The Labute approximate surface area is 167 Å². The molecule has 150 valence electrons. The quantitative estimate of drug-likeness (QED) is 0.486. The van der Waals surface area contributed by atoms with Crippen LogP contribution in [-0.4, -0.2) is 29.7 Å². The summed E-state index contributed by atoms with van der Waals surface area (Å²) in [7, 11) is 1.38. The highest BCUT2D eigenvalue weighted by Gasteiger charge is 2.26. The van der Waals surface area contributed by atoms with Gasteiger partial charge in [-0.15, -0.1) is 0 Å². The Balaban J connectivity index is 1.74. The van der Waals surface area contributed by atoms with Crippen molar-refractivity contribution in [1.82, 2.24) is 9.88 Å². The molecule has 0 radical (unpaired) electrons. The standard InChI is InChI=1S/C22H22N2O5/c1-14-9-20(26)29-22-17(14)10-15(6-7-19(25)27-2)21-18(22)12-24(13-28-21)11-16-5-3-4-8-23-16/h3-5,8-10H,6-7,11-13H2,1-2H3. The van der Waals surface area contributed by atoms with Gasteiger partial charge in [0.15, 0.2) is 0 Å². The highest BCUT2D eigenvalue weighted by molar-refractivity contribution is 5.86. The summed E-state index contributed by atoms with van der Waals surface area (Å²) < 4.78 is 16.4. The zero-order valence-corrected chi connectivity index (χ0v) is 16.4. The van der Waals surface area contributed by atoms with Gasteiger partial charge in [-0.3, -0.25) is 14.7 Å². The zero-order chi connectivity index (χ0) is 20.4. The fourth-order valence-corrected chi connectivity index (χ4v) is 3.65. The molecular formula is C22H22N2O5. The van der Waals surface area contributed by atoms with Gasteiger partial charge in [-0.2, -0.15) is 0 Å². The molecule has 1 aromatic carbocycles. The first-order valence-corrected chi connectivity index (χ1v) is 9.46. The first kappa shape index (κ1) is 19.1. The average molecular weight is 394 g/mol. The van der Waals surface area contributed by atoms with Crippen molar-refractivity contribution in [3.8, 4) is 5.75 Å². The molecule has 0 saturated heterocycles. The summed E-state index contributed by atoms with van der Waals surface area (Å²) in [4.78, 5) is 30.1. The van der Waals surface area contributed by atoms with E-state index in [4.69, 9.17) is 13.9 Å². The molecule has 4 rings (SSSR count). The van der Waals surface area contributed by atoms with E-state index < -0.39 is 0 Å². The van der Waals surface area contributed by atoms with Gasteiger partial charge < -0.3 is 13.9 Å². The van der Waals surface area contributed by atoms with Crippen LogP contribution in [0.2, 0.25) is 0 Å². The van der Waals surface area contributed by atoms with Crippen molar-refractivity contribution in [1.29, 1.82) is 0 Å². The van der Waals surface area contributed by atoms with E-state index in [1.54, 1.807) is 6.20 Å². The van der Waals surface area contributed by atoms with Gasteiger partial charge in [-0.05, 0) is 42.7 Å². The lowest BCUT2D eigenvalue weighted by Crippen LogP contribution is -2.32. The highest BCUT2D eigenvalue weighted by Crippen LogP contribution is 2.37. The van der Waals surface area contributed by atoms with E-state index in [2.05, 4.69) is 9.88 Å². The molecular weight excluding hydrogens is 372 g/mol. The number of esters is 1. The van der Waals surface area contributed by atoms with E-state index >= 15 is 0 Å². The van der Waals surface area contributed by atoms with Crippen molar-refractivity contribution >= 4 is 16.9 Å². The maximum atomic E-state index is 12.0. The van der Waals surface area contributed by atoms with Crippen LogP contribution in [0.3, 0.4) is 0 Å². The van der Waals surface area contributed by atoms with Gasteiger partial charge in [0, 0.05) is 37.2 Å². The third-order valence-corrected chi connectivity index (χ3v) is 5.08. The van der Waals surface area contributed by atoms with Crippen molar-refractivity contribution in [2.45, 2.75) is 32.9 Å². The summed E-state index contributed by atoms with van der Waals surface area (Å²) in [6.45, 7) is 3.44. The number of aryl methyl sites for hydroxylation is 2. The van der Waals surface area contributed by atoms with E-state index in [1.165, 1.54) is 13.2 Å². The molecule has 0 N–H and O–H groups in total. The predicted molar refractivity (Wildman–Crippen MR) is 107 cm³/mol. The molecule has 3 heterocycles. The monoisotopic (exact) mass is 394 g/mol. The third kappa shape index (κ3) is 4.00. The fraction of sp³-hybridized carbons (Fsp3) is 0.318. The number of rotatable bonds is 5. The second kappa shape index (κ2) is 8.05. The molecule has 7 nitrogen and oxygen atoms in total. The van der Waals surface area contributed by atoms with Crippen LogP contribution in [0.15, 0.2) is 45.7 Å². The number of carbonyl (C=O) groups is 1. The van der Waals surface area contributed by atoms with Crippen LogP contribution in [0.5, 0.6) is 5.75 Å². The fourth-order valence-electron chi connectivity index (χ4n) is 3.65. The summed E-state index contributed by atoms with van der Waals surface area (Å²) in [5.74, 6) is 0.412. The number of hydrogen-bond acceptors (Lipinski definition) is 7. The van der Waals surface area contributed by atoms with Crippen molar-refractivity contribution in [2.75, 3.05) is 13.8 Å². The number of carbonyl (C=O) groups excluding carboxylic acids is 1. The molecule has 1 aliphatic heterocycles. The number of hydrogen-bond donors (Lipinski definition) is 0. The first-order valence-electron chi connectivity index (χ1n) is 9.46. The normalized spacial score (nSPS) is 13.7. The van der Waals surface area contributed by atoms with E-state index in [-0.39, 0.29) is 18.0 Å². The molecule has 0 aliphatic carbocycles. The van der Waals surface area contributed by atoms with Crippen LogP contribution in [0.4, 0.5) is 0 Å². The van der Waals surface area contributed by atoms with E-state index in [9.17, 15) is 9.59 Å². The summed E-state index contributed by atoms with van der Waals surface area (Å²) in [5.41, 5.74) is 3.65. The number of aromatic nitrogens is 1. The lowest BCUT2D eigenvalue weighted by atomic mass is 9.97. The Morgan fingerprint density at radius 3 is 2.93 bits per heavy atom. The molecule has 2 aromatic heterocycles. The van der Waals surface area contributed by atoms with Gasteiger partial charge in [-0.25, -0.2) is 4.79 Å². The molecule has 0 bridgehead atoms. The van der Waals surface area contributed by atoms with Crippen LogP contribution in [-0.2, 0) is 29.0 Å². The van der Waals surface area contributed by atoms with Crippen molar-refractivity contribution in [3.63, 3.8) is 0 Å². The van der Waals surface area contributed by atoms with Gasteiger partial charge in [0.05, 0.1) is 18.4 Å². The number of nitrogens with zero attached hydrogens (tertiary/aromatic N) is 2. The molecule has 0 unspecified atom stereocenters. The largest absolute Gasteiger partial charge is 0.477 e. The van der Waals surface area contributed by atoms with E-state index in [0.717, 1.165) is 27.8 Å². The maximum Gasteiger partial charge on any atom is 0.336 e. The Bertz CT molecular complexity index is 1110. The number of ether oxygens (including phenoxy) is 2. The molecule has 1 aliphatic rings. The topological polar surface area (TPSA) is 81.9 Å². The van der Waals surface area contributed by atoms with E-state index in [0.29, 0.717) is 37.6 Å². The predicted octanol–water partition coefficient (Wildman–Crippen LogP) is 2.95. The van der Waals surface area contributed by atoms with Gasteiger partial charge >= 0.3 is 11.6 Å². The number of fused-ring (bicyclic) bond motifs is 3. The molecule has 29 heavy (non-hydrogen) atoms.